The number of ether oxygens (including phenoxy) is 2. The van der Waals surface area contributed by atoms with Crippen molar-refractivity contribution in [2.75, 3.05) is 6.61 Å². The number of hydrogen-bond donors (Lipinski definition) is 1. The van der Waals surface area contributed by atoms with Crippen molar-refractivity contribution in [1.29, 1.82) is 0 Å². The Labute approximate surface area is 146 Å². The summed E-state index contributed by atoms with van der Waals surface area (Å²) in [5.74, 6) is 1.62. The standard InChI is InChI=1S/C19H22F2N2O2/c1-11(5-12(2)22)9-24-14-3-4-15-13(6-14)10-25-18-8-23-17(19(20)21)7-16(15)18/h3-4,6-8,11-12,19H,5,9-10,22H2,1-2H3. The Morgan fingerprint density at radius 2 is 2.04 bits per heavy atom. The summed E-state index contributed by atoms with van der Waals surface area (Å²) in [4.78, 5) is 3.74. The Hall–Kier alpha value is -2.21. The first-order valence-corrected chi connectivity index (χ1v) is 8.36. The van der Waals surface area contributed by atoms with E-state index in [0.717, 1.165) is 23.3 Å². The van der Waals surface area contributed by atoms with Crippen molar-refractivity contribution < 1.29 is 18.3 Å². The lowest BCUT2D eigenvalue weighted by Crippen LogP contribution is -2.21. The third-order valence-corrected chi connectivity index (χ3v) is 4.17. The largest absolute Gasteiger partial charge is 0.493 e. The van der Waals surface area contributed by atoms with E-state index in [9.17, 15) is 8.78 Å². The molecule has 3 rings (SSSR count). The van der Waals surface area contributed by atoms with Gasteiger partial charge in [-0.05, 0) is 43.0 Å². The molecule has 0 saturated heterocycles. The maximum absolute atomic E-state index is 12.9. The van der Waals surface area contributed by atoms with Crippen molar-refractivity contribution >= 4 is 0 Å². The number of hydrogen-bond acceptors (Lipinski definition) is 4. The van der Waals surface area contributed by atoms with Crippen molar-refractivity contribution in [1.82, 2.24) is 4.98 Å². The second-order valence-corrected chi connectivity index (χ2v) is 6.64. The van der Waals surface area contributed by atoms with Gasteiger partial charge in [0, 0.05) is 17.2 Å². The Morgan fingerprint density at radius 1 is 1.24 bits per heavy atom. The number of halogens is 2. The summed E-state index contributed by atoms with van der Waals surface area (Å²) >= 11 is 0. The summed E-state index contributed by atoms with van der Waals surface area (Å²) in [5.41, 5.74) is 7.98. The van der Waals surface area contributed by atoms with Crippen LogP contribution in [-0.4, -0.2) is 17.6 Å². The van der Waals surface area contributed by atoms with Crippen molar-refractivity contribution in [3.63, 3.8) is 0 Å². The highest BCUT2D eigenvalue weighted by Crippen LogP contribution is 2.39. The minimum atomic E-state index is -2.61. The van der Waals surface area contributed by atoms with Crippen LogP contribution in [0.1, 0.15) is 38.0 Å². The monoisotopic (exact) mass is 348 g/mol. The number of alkyl halides is 2. The summed E-state index contributed by atoms with van der Waals surface area (Å²) in [6, 6.07) is 7.18. The van der Waals surface area contributed by atoms with Crippen LogP contribution in [-0.2, 0) is 6.61 Å². The molecule has 1 aliphatic heterocycles. The van der Waals surface area contributed by atoms with E-state index < -0.39 is 6.43 Å². The van der Waals surface area contributed by atoms with Gasteiger partial charge in [0.1, 0.15) is 23.8 Å². The number of aromatic nitrogens is 1. The Balaban J connectivity index is 1.79. The predicted octanol–water partition coefficient (Wildman–Crippen LogP) is 4.33. The molecule has 0 spiro atoms. The van der Waals surface area contributed by atoms with Gasteiger partial charge in [-0.1, -0.05) is 13.0 Å². The van der Waals surface area contributed by atoms with Crippen molar-refractivity contribution in [2.24, 2.45) is 11.7 Å². The minimum Gasteiger partial charge on any atom is -0.493 e. The molecule has 25 heavy (non-hydrogen) atoms. The van der Waals surface area contributed by atoms with Gasteiger partial charge in [-0.3, -0.25) is 4.98 Å². The maximum atomic E-state index is 12.9. The molecule has 1 aromatic carbocycles. The summed E-state index contributed by atoms with van der Waals surface area (Å²) in [6.45, 7) is 5.02. The Bertz CT molecular complexity index is 750. The SMILES string of the molecule is CC(N)CC(C)COc1ccc2c(c1)COc1cnc(C(F)F)cc1-2. The van der Waals surface area contributed by atoms with E-state index in [2.05, 4.69) is 11.9 Å². The first kappa shape index (κ1) is 17.6. The van der Waals surface area contributed by atoms with Crippen LogP contribution in [0.5, 0.6) is 11.5 Å². The second-order valence-electron chi connectivity index (χ2n) is 6.64. The average molecular weight is 348 g/mol. The second kappa shape index (κ2) is 7.35. The molecule has 2 N–H and O–H groups in total. The molecule has 2 unspecified atom stereocenters. The van der Waals surface area contributed by atoms with Crippen LogP contribution in [0.2, 0.25) is 0 Å². The van der Waals surface area contributed by atoms with Crippen LogP contribution >= 0.6 is 0 Å². The van der Waals surface area contributed by atoms with Gasteiger partial charge in [0.15, 0.2) is 0 Å². The fourth-order valence-corrected chi connectivity index (χ4v) is 3.04. The highest BCUT2D eigenvalue weighted by atomic mass is 19.3. The molecular formula is C19H22F2N2O2. The minimum absolute atomic E-state index is 0.143. The highest BCUT2D eigenvalue weighted by molar-refractivity contribution is 5.75. The molecule has 0 radical (unpaired) electrons. The zero-order chi connectivity index (χ0) is 18.0. The van der Waals surface area contributed by atoms with Gasteiger partial charge < -0.3 is 15.2 Å². The van der Waals surface area contributed by atoms with Gasteiger partial charge >= 0.3 is 0 Å². The third-order valence-electron chi connectivity index (χ3n) is 4.17. The molecule has 0 saturated carbocycles. The van der Waals surface area contributed by atoms with Gasteiger partial charge in [-0.2, -0.15) is 0 Å². The van der Waals surface area contributed by atoms with Crippen LogP contribution in [0.15, 0.2) is 30.5 Å². The smallest absolute Gasteiger partial charge is 0.280 e. The zero-order valence-electron chi connectivity index (χ0n) is 14.3. The predicted molar refractivity (Wildman–Crippen MR) is 91.9 cm³/mol. The van der Waals surface area contributed by atoms with Gasteiger partial charge in [-0.25, -0.2) is 8.78 Å². The van der Waals surface area contributed by atoms with Gasteiger partial charge in [0.05, 0.1) is 12.8 Å². The summed E-state index contributed by atoms with van der Waals surface area (Å²) in [6.07, 6.45) is -0.352. The molecule has 1 aliphatic rings. The number of benzene rings is 1. The molecule has 134 valence electrons. The molecule has 4 nitrogen and oxygen atoms in total. The van der Waals surface area contributed by atoms with Crippen LogP contribution in [0.3, 0.4) is 0 Å². The lowest BCUT2D eigenvalue weighted by molar-refractivity contribution is 0.146. The number of nitrogens with zero attached hydrogens (tertiary/aromatic N) is 1. The Kier molecular flexibility index (Phi) is 5.18. The molecule has 1 aromatic heterocycles. The summed E-state index contributed by atoms with van der Waals surface area (Å²) in [7, 11) is 0. The fourth-order valence-electron chi connectivity index (χ4n) is 3.04. The van der Waals surface area contributed by atoms with E-state index in [1.54, 1.807) is 0 Å². The topological polar surface area (TPSA) is 57.4 Å². The third kappa shape index (κ3) is 4.07. The van der Waals surface area contributed by atoms with Gasteiger partial charge in [0.2, 0.25) is 0 Å². The van der Waals surface area contributed by atoms with Crippen LogP contribution < -0.4 is 15.2 Å². The normalized spacial score (nSPS) is 15.1. The van der Waals surface area contributed by atoms with E-state index in [1.807, 2.05) is 25.1 Å². The first-order valence-electron chi connectivity index (χ1n) is 8.36. The van der Waals surface area contributed by atoms with E-state index in [1.165, 1.54) is 12.3 Å². The molecule has 0 bridgehead atoms. The van der Waals surface area contributed by atoms with E-state index in [4.69, 9.17) is 15.2 Å². The van der Waals surface area contributed by atoms with Crippen molar-refractivity contribution in [3.8, 4) is 22.6 Å². The maximum Gasteiger partial charge on any atom is 0.280 e. The first-order chi connectivity index (χ1) is 11.9. The molecule has 2 aromatic rings. The van der Waals surface area contributed by atoms with Gasteiger partial charge in [0.25, 0.3) is 6.43 Å². The molecular weight excluding hydrogens is 326 g/mol. The fraction of sp³-hybridized carbons (Fsp3) is 0.421. The van der Waals surface area contributed by atoms with E-state index in [0.29, 0.717) is 30.4 Å². The number of fused-ring (bicyclic) bond motifs is 3. The molecule has 2 atom stereocenters. The van der Waals surface area contributed by atoms with Crippen LogP contribution in [0.25, 0.3) is 11.1 Å². The summed E-state index contributed by atoms with van der Waals surface area (Å²) in [5, 5.41) is 0. The highest BCUT2D eigenvalue weighted by Gasteiger charge is 2.21. The lowest BCUT2D eigenvalue weighted by atomic mass is 9.97. The summed E-state index contributed by atoms with van der Waals surface area (Å²) < 4.78 is 37.3. The van der Waals surface area contributed by atoms with Crippen molar-refractivity contribution in [2.45, 2.75) is 39.3 Å². The lowest BCUT2D eigenvalue weighted by Gasteiger charge is -2.22. The number of rotatable bonds is 6. The van der Waals surface area contributed by atoms with E-state index >= 15 is 0 Å². The van der Waals surface area contributed by atoms with E-state index in [-0.39, 0.29) is 11.7 Å². The molecule has 2 heterocycles. The quantitative estimate of drug-likeness (QED) is 0.844. The Morgan fingerprint density at radius 3 is 2.76 bits per heavy atom. The van der Waals surface area contributed by atoms with Crippen molar-refractivity contribution in [3.05, 3.63) is 41.7 Å². The zero-order valence-corrected chi connectivity index (χ0v) is 14.3. The van der Waals surface area contributed by atoms with Gasteiger partial charge in [-0.15, -0.1) is 0 Å². The number of nitrogens with two attached hydrogens (primary N) is 1. The average Bonchev–Trinajstić information content (AvgIpc) is 2.58. The number of pyridine rings is 1. The molecule has 0 aliphatic carbocycles. The molecule has 0 fully saturated rings. The van der Waals surface area contributed by atoms with Crippen LogP contribution in [0, 0.1) is 5.92 Å². The molecule has 0 amide bonds. The molecule has 6 heteroatoms. The van der Waals surface area contributed by atoms with Crippen LogP contribution in [0.4, 0.5) is 8.78 Å².